The van der Waals surface area contributed by atoms with Crippen molar-refractivity contribution in [2.45, 2.75) is 26.4 Å². The lowest BCUT2D eigenvalue weighted by atomic mass is 10.2. The molecular formula is C21H24ClN3O3. The monoisotopic (exact) mass is 401 g/mol. The second-order valence-electron chi connectivity index (χ2n) is 6.29. The summed E-state index contributed by atoms with van der Waals surface area (Å²) >= 11 is 5.99. The molecule has 0 spiro atoms. The number of halogens is 1. The van der Waals surface area contributed by atoms with E-state index in [1.165, 1.54) is 0 Å². The van der Waals surface area contributed by atoms with Gasteiger partial charge in [-0.05, 0) is 31.5 Å². The smallest absolute Gasteiger partial charge is 0.253 e. The van der Waals surface area contributed by atoms with Crippen molar-refractivity contribution < 1.29 is 14.4 Å². The first-order valence-electron chi connectivity index (χ1n) is 9.07. The maximum atomic E-state index is 12.4. The zero-order valence-electron chi connectivity index (χ0n) is 15.9. The zero-order chi connectivity index (χ0) is 20.5. The number of hydrogen-bond donors (Lipinski definition) is 2. The molecule has 2 rings (SSSR count). The number of carbonyl (C=O) groups excluding carboxylic acids is 3. The fourth-order valence-corrected chi connectivity index (χ4v) is 2.81. The molecule has 2 aromatic rings. The Morgan fingerprint density at radius 1 is 1.04 bits per heavy atom. The summed E-state index contributed by atoms with van der Waals surface area (Å²) in [5, 5.41) is 5.47. The van der Waals surface area contributed by atoms with E-state index in [0.29, 0.717) is 23.7 Å². The predicted molar refractivity (Wildman–Crippen MR) is 109 cm³/mol. The maximum absolute atomic E-state index is 12.4. The highest BCUT2D eigenvalue weighted by atomic mass is 35.5. The highest BCUT2D eigenvalue weighted by Gasteiger charge is 2.20. The van der Waals surface area contributed by atoms with Crippen LogP contribution < -0.4 is 10.6 Å². The molecule has 0 saturated carbocycles. The van der Waals surface area contributed by atoms with Gasteiger partial charge in [0.1, 0.15) is 6.04 Å². The molecule has 0 saturated heterocycles. The van der Waals surface area contributed by atoms with Gasteiger partial charge in [0.25, 0.3) is 5.91 Å². The van der Waals surface area contributed by atoms with Crippen LogP contribution in [0.4, 0.5) is 0 Å². The average molecular weight is 402 g/mol. The van der Waals surface area contributed by atoms with E-state index in [-0.39, 0.29) is 12.5 Å². The SMILES string of the molecule is CCN(Cc1ccccc1)C(=O)CNC(=O)C(C)NC(=O)c1ccccc1Cl. The van der Waals surface area contributed by atoms with Gasteiger partial charge in [-0.15, -0.1) is 0 Å². The Balaban J connectivity index is 1.85. The lowest BCUT2D eigenvalue weighted by Crippen LogP contribution is -2.48. The van der Waals surface area contributed by atoms with Gasteiger partial charge < -0.3 is 15.5 Å². The topological polar surface area (TPSA) is 78.5 Å². The first kappa shape index (κ1) is 21.4. The van der Waals surface area contributed by atoms with Crippen LogP contribution >= 0.6 is 11.6 Å². The number of benzene rings is 2. The van der Waals surface area contributed by atoms with E-state index in [0.717, 1.165) is 5.56 Å². The summed E-state index contributed by atoms with van der Waals surface area (Å²) in [5.74, 6) is -1.08. The summed E-state index contributed by atoms with van der Waals surface area (Å²) in [6.45, 7) is 4.31. The van der Waals surface area contributed by atoms with Crippen molar-refractivity contribution >= 4 is 29.3 Å². The molecule has 3 amide bonds. The maximum Gasteiger partial charge on any atom is 0.253 e. The van der Waals surface area contributed by atoms with Crippen molar-refractivity contribution in [3.05, 3.63) is 70.7 Å². The predicted octanol–water partition coefficient (Wildman–Crippen LogP) is 2.62. The second kappa shape index (κ2) is 10.5. The number of hydrogen-bond acceptors (Lipinski definition) is 3. The van der Waals surface area contributed by atoms with Gasteiger partial charge in [-0.3, -0.25) is 14.4 Å². The lowest BCUT2D eigenvalue weighted by Gasteiger charge is -2.22. The van der Waals surface area contributed by atoms with Gasteiger partial charge >= 0.3 is 0 Å². The van der Waals surface area contributed by atoms with Crippen LogP contribution in [-0.2, 0) is 16.1 Å². The minimum Gasteiger partial charge on any atom is -0.345 e. The van der Waals surface area contributed by atoms with E-state index >= 15 is 0 Å². The highest BCUT2D eigenvalue weighted by Crippen LogP contribution is 2.14. The summed E-state index contributed by atoms with van der Waals surface area (Å²) in [6.07, 6.45) is 0. The van der Waals surface area contributed by atoms with Gasteiger partial charge in [0, 0.05) is 13.1 Å². The van der Waals surface area contributed by atoms with Crippen molar-refractivity contribution in [2.24, 2.45) is 0 Å². The van der Waals surface area contributed by atoms with Crippen LogP contribution in [0.2, 0.25) is 5.02 Å². The molecule has 7 heteroatoms. The first-order valence-corrected chi connectivity index (χ1v) is 9.45. The van der Waals surface area contributed by atoms with E-state index in [1.54, 1.807) is 36.1 Å². The summed E-state index contributed by atoms with van der Waals surface area (Å²) in [6, 6.07) is 15.4. The molecule has 1 atom stereocenters. The van der Waals surface area contributed by atoms with Crippen molar-refractivity contribution in [2.75, 3.05) is 13.1 Å². The van der Waals surface area contributed by atoms with E-state index in [9.17, 15) is 14.4 Å². The van der Waals surface area contributed by atoms with Crippen LogP contribution in [0.5, 0.6) is 0 Å². The molecule has 0 aromatic heterocycles. The minimum atomic E-state index is -0.805. The Morgan fingerprint density at radius 2 is 1.68 bits per heavy atom. The molecule has 2 N–H and O–H groups in total. The van der Waals surface area contributed by atoms with E-state index in [4.69, 9.17) is 11.6 Å². The molecule has 0 aliphatic carbocycles. The Morgan fingerprint density at radius 3 is 2.32 bits per heavy atom. The van der Waals surface area contributed by atoms with Gasteiger partial charge in [0.15, 0.2) is 0 Å². The summed E-state index contributed by atoms with van der Waals surface area (Å²) in [4.78, 5) is 38.5. The van der Waals surface area contributed by atoms with Crippen LogP contribution in [0.1, 0.15) is 29.8 Å². The molecule has 0 bridgehead atoms. The molecule has 0 aliphatic rings. The second-order valence-corrected chi connectivity index (χ2v) is 6.69. The van der Waals surface area contributed by atoms with Crippen LogP contribution in [0.25, 0.3) is 0 Å². The molecule has 0 radical (unpaired) electrons. The summed E-state index contributed by atoms with van der Waals surface area (Å²) in [5.41, 5.74) is 1.31. The number of nitrogens with one attached hydrogen (secondary N) is 2. The minimum absolute atomic E-state index is 0.133. The van der Waals surface area contributed by atoms with Crippen LogP contribution in [0.15, 0.2) is 54.6 Å². The molecule has 28 heavy (non-hydrogen) atoms. The number of nitrogens with zero attached hydrogens (tertiary/aromatic N) is 1. The Labute approximate surface area is 169 Å². The quantitative estimate of drug-likeness (QED) is 0.713. The van der Waals surface area contributed by atoms with Crippen molar-refractivity contribution in [1.82, 2.24) is 15.5 Å². The number of amides is 3. The van der Waals surface area contributed by atoms with Gasteiger partial charge in [-0.2, -0.15) is 0 Å². The van der Waals surface area contributed by atoms with Crippen LogP contribution in [0, 0.1) is 0 Å². The average Bonchev–Trinajstić information content (AvgIpc) is 2.70. The fraction of sp³-hybridized carbons (Fsp3) is 0.286. The normalized spacial score (nSPS) is 11.4. The van der Waals surface area contributed by atoms with Crippen molar-refractivity contribution in [1.29, 1.82) is 0 Å². The standard InChI is InChI=1S/C21H24ClN3O3/c1-3-25(14-16-9-5-4-6-10-16)19(26)13-23-20(27)15(2)24-21(28)17-11-7-8-12-18(17)22/h4-12,15H,3,13-14H2,1-2H3,(H,23,27)(H,24,28). The van der Waals surface area contributed by atoms with E-state index in [1.807, 2.05) is 37.3 Å². The molecule has 0 fully saturated rings. The first-order chi connectivity index (χ1) is 13.4. The number of likely N-dealkylation sites (N-methyl/N-ethyl adjacent to an activating group) is 1. The van der Waals surface area contributed by atoms with Gasteiger partial charge in [-0.25, -0.2) is 0 Å². The van der Waals surface area contributed by atoms with E-state index < -0.39 is 17.9 Å². The molecule has 6 nitrogen and oxygen atoms in total. The fourth-order valence-electron chi connectivity index (χ4n) is 2.59. The number of rotatable bonds is 8. The summed E-state index contributed by atoms with van der Waals surface area (Å²) < 4.78 is 0. The van der Waals surface area contributed by atoms with Gasteiger partial charge in [0.2, 0.25) is 11.8 Å². The largest absolute Gasteiger partial charge is 0.345 e. The zero-order valence-corrected chi connectivity index (χ0v) is 16.7. The third-order valence-corrected chi connectivity index (χ3v) is 4.55. The van der Waals surface area contributed by atoms with Gasteiger partial charge in [0.05, 0.1) is 17.1 Å². The molecular weight excluding hydrogens is 378 g/mol. The van der Waals surface area contributed by atoms with Crippen LogP contribution in [-0.4, -0.2) is 41.8 Å². The molecule has 1 unspecified atom stereocenters. The molecule has 148 valence electrons. The molecule has 0 heterocycles. The lowest BCUT2D eigenvalue weighted by molar-refractivity contribution is -0.133. The summed E-state index contributed by atoms with van der Waals surface area (Å²) in [7, 11) is 0. The molecule has 0 aliphatic heterocycles. The van der Waals surface area contributed by atoms with Crippen LogP contribution in [0.3, 0.4) is 0 Å². The Kier molecular flexibility index (Phi) is 8.02. The Hall–Kier alpha value is -2.86. The highest BCUT2D eigenvalue weighted by molar-refractivity contribution is 6.33. The number of carbonyl (C=O) groups is 3. The van der Waals surface area contributed by atoms with Gasteiger partial charge in [-0.1, -0.05) is 54.1 Å². The molecule has 2 aromatic carbocycles. The van der Waals surface area contributed by atoms with Crippen molar-refractivity contribution in [3.63, 3.8) is 0 Å². The van der Waals surface area contributed by atoms with Crippen molar-refractivity contribution in [3.8, 4) is 0 Å². The van der Waals surface area contributed by atoms with E-state index in [2.05, 4.69) is 10.6 Å². The Bertz CT molecular complexity index is 827. The third-order valence-electron chi connectivity index (χ3n) is 4.22. The third kappa shape index (κ3) is 6.09.